The second-order valence-electron chi connectivity index (χ2n) is 5.57. The zero-order chi connectivity index (χ0) is 16.6. The summed E-state index contributed by atoms with van der Waals surface area (Å²) in [6.07, 6.45) is 1.84. The SMILES string of the molecule is CC(C)[C@H](N)C(=O)O.CN(C)CCCC1NC(=S)NC1=O. The van der Waals surface area contributed by atoms with E-state index in [1.54, 1.807) is 13.8 Å². The largest absolute Gasteiger partial charge is 0.480 e. The van der Waals surface area contributed by atoms with Crippen molar-refractivity contribution in [2.24, 2.45) is 11.7 Å². The van der Waals surface area contributed by atoms with Crippen LogP contribution in [0.1, 0.15) is 26.7 Å². The average Bonchev–Trinajstić information content (AvgIpc) is 2.67. The fourth-order valence-electron chi connectivity index (χ4n) is 1.56. The smallest absolute Gasteiger partial charge is 0.320 e. The van der Waals surface area contributed by atoms with Crippen molar-refractivity contribution in [3.63, 3.8) is 0 Å². The van der Waals surface area contributed by atoms with Crippen molar-refractivity contribution < 1.29 is 14.7 Å². The summed E-state index contributed by atoms with van der Waals surface area (Å²) in [6, 6.07) is -0.831. The molecule has 1 amide bonds. The van der Waals surface area contributed by atoms with Crippen LogP contribution in [0.5, 0.6) is 0 Å². The molecule has 1 unspecified atom stereocenters. The van der Waals surface area contributed by atoms with Gasteiger partial charge in [-0.15, -0.1) is 0 Å². The van der Waals surface area contributed by atoms with E-state index in [9.17, 15) is 9.59 Å². The molecule has 0 aromatic rings. The third-order valence-electron chi connectivity index (χ3n) is 2.96. The highest BCUT2D eigenvalue weighted by molar-refractivity contribution is 7.80. The number of aliphatic carboxylic acids is 1. The van der Waals surface area contributed by atoms with Crippen LogP contribution in [0.2, 0.25) is 0 Å². The Labute approximate surface area is 131 Å². The Morgan fingerprint density at radius 2 is 2.05 bits per heavy atom. The molecule has 2 atom stereocenters. The molecule has 1 heterocycles. The maximum atomic E-state index is 11.2. The van der Waals surface area contributed by atoms with E-state index < -0.39 is 12.0 Å². The summed E-state index contributed by atoms with van der Waals surface area (Å²) >= 11 is 4.82. The molecule has 1 rings (SSSR count). The predicted molar refractivity (Wildman–Crippen MR) is 85.9 cm³/mol. The van der Waals surface area contributed by atoms with E-state index >= 15 is 0 Å². The van der Waals surface area contributed by atoms with Gasteiger partial charge in [0.15, 0.2) is 5.11 Å². The van der Waals surface area contributed by atoms with E-state index in [-0.39, 0.29) is 17.9 Å². The van der Waals surface area contributed by atoms with Gasteiger partial charge in [-0.25, -0.2) is 0 Å². The monoisotopic (exact) mass is 318 g/mol. The van der Waals surface area contributed by atoms with Crippen LogP contribution in [-0.4, -0.2) is 59.7 Å². The Balaban J connectivity index is 0.000000433. The lowest BCUT2D eigenvalue weighted by Gasteiger charge is -2.11. The first-order valence-electron chi connectivity index (χ1n) is 6.89. The summed E-state index contributed by atoms with van der Waals surface area (Å²) in [5.41, 5.74) is 5.16. The summed E-state index contributed by atoms with van der Waals surface area (Å²) in [6.45, 7) is 4.55. The van der Waals surface area contributed by atoms with Crippen molar-refractivity contribution in [2.45, 2.75) is 38.8 Å². The van der Waals surface area contributed by atoms with Crippen LogP contribution in [0.25, 0.3) is 0 Å². The molecule has 122 valence electrons. The van der Waals surface area contributed by atoms with Gasteiger partial charge in [0.25, 0.3) is 0 Å². The van der Waals surface area contributed by atoms with Crippen LogP contribution in [0.3, 0.4) is 0 Å². The Morgan fingerprint density at radius 3 is 2.33 bits per heavy atom. The van der Waals surface area contributed by atoms with E-state index in [1.807, 2.05) is 14.1 Å². The fraction of sp³-hybridized carbons (Fsp3) is 0.769. The highest BCUT2D eigenvalue weighted by atomic mass is 32.1. The molecule has 1 aliphatic rings. The third kappa shape index (κ3) is 8.59. The van der Waals surface area contributed by atoms with Crippen LogP contribution >= 0.6 is 12.2 Å². The molecule has 0 aromatic carbocycles. The molecule has 0 aromatic heterocycles. The van der Waals surface area contributed by atoms with Crippen molar-refractivity contribution in [1.82, 2.24) is 15.5 Å². The van der Waals surface area contributed by atoms with Crippen molar-refractivity contribution in [2.75, 3.05) is 20.6 Å². The lowest BCUT2D eigenvalue weighted by atomic mass is 10.1. The van der Waals surface area contributed by atoms with Crippen molar-refractivity contribution in [3.05, 3.63) is 0 Å². The minimum absolute atomic E-state index is 0.00348. The number of carboxylic acids is 1. The number of rotatable bonds is 6. The van der Waals surface area contributed by atoms with E-state index in [2.05, 4.69) is 15.5 Å². The van der Waals surface area contributed by atoms with Gasteiger partial charge in [0.05, 0.1) is 0 Å². The van der Waals surface area contributed by atoms with Crippen LogP contribution < -0.4 is 16.4 Å². The molecular formula is C13H26N4O3S. The number of amides is 1. The van der Waals surface area contributed by atoms with Crippen LogP contribution in [0.15, 0.2) is 0 Å². The average molecular weight is 318 g/mol. The van der Waals surface area contributed by atoms with Gasteiger partial charge in [-0.05, 0) is 51.6 Å². The van der Waals surface area contributed by atoms with Gasteiger partial charge in [-0.1, -0.05) is 13.8 Å². The van der Waals surface area contributed by atoms with Crippen LogP contribution in [-0.2, 0) is 9.59 Å². The highest BCUT2D eigenvalue weighted by Gasteiger charge is 2.26. The van der Waals surface area contributed by atoms with E-state index in [4.69, 9.17) is 23.1 Å². The molecule has 7 nitrogen and oxygen atoms in total. The van der Waals surface area contributed by atoms with Gasteiger partial charge >= 0.3 is 5.97 Å². The van der Waals surface area contributed by atoms with Crippen molar-refractivity contribution in [1.29, 1.82) is 0 Å². The summed E-state index contributed by atoms with van der Waals surface area (Å²) in [5, 5.41) is 14.2. The Kier molecular flexibility index (Phi) is 9.07. The lowest BCUT2D eigenvalue weighted by molar-refractivity contribution is -0.139. The fourth-order valence-corrected chi connectivity index (χ4v) is 1.80. The number of thiocarbonyl (C=S) groups is 1. The number of carbonyl (C=O) groups is 2. The Bertz CT molecular complexity index is 374. The number of nitrogens with one attached hydrogen (secondary N) is 2. The number of hydrogen-bond donors (Lipinski definition) is 4. The zero-order valence-electron chi connectivity index (χ0n) is 13.0. The van der Waals surface area contributed by atoms with Gasteiger partial charge in [-0.3, -0.25) is 9.59 Å². The highest BCUT2D eigenvalue weighted by Crippen LogP contribution is 2.02. The molecule has 0 saturated carbocycles. The molecule has 1 saturated heterocycles. The summed E-state index contributed by atoms with van der Waals surface area (Å²) < 4.78 is 0. The molecule has 0 aliphatic carbocycles. The second kappa shape index (κ2) is 9.64. The molecule has 21 heavy (non-hydrogen) atoms. The number of nitrogens with zero attached hydrogens (tertiary/aromatic N) is 1. The molecule has 0 radical (unpaired) electrons. The summed E-state index contributed by atoms with van der Waals surface area (Å²) in [4.78, 5) is 23.3. The minimum atomic E-state index is -0.931. The van der Waals surface area contributed by atoms with Gasteiger partial charge in [-0.2, -0.15) is 0 Å². The van der Waals surface area contributed by atoms with Crippen molar-refractivity contribution >= 4 is 29.2 Å². The van der Waals surface area contributed by atoms with E-state index in [1.165, 1.54) is 0 Å². The number of hydrogen-bond acceptors (Lipinski definition) is 5. The number of carbonyl (C=O) groups excluding carboxylic acids is 1. The maximum Gasteiger partial charge on any atom is 0.320 e. The molecular weight excluding hydrogens is 292 g/mol. The molecule has 8 heteroatoms. The summed E-state index contributed by atoms with van der Waals surface area (Å²) in [5.74, 6) is -0.906. The van der Waals surface area contributed by atoms with Crippen LogP contribution in [0, 0.1) is 5.92 Å². The third-order valence-corrected chi connectivity index (χ3v) is 3.18. The molecule has 1 fully saturated rings. The van der Waals surface area contributed by atoms with Gasteiger partial charge in [0, 0.05) is 0 Å². The maximum absolute atomic E-state index is 11.2. The van der Waals surface area contributed by atoms with Gasteiger partial charge < -0.3 is 26.4 Å². The Hall–Kier alpha value is -1.25. The molecule has 0 bridgehead atoms. The quantitative estimate of drug-likeness (QED) is 0.500. The van der Waals surface area contributed by atoms with E-state index in [0.29, 0.717) is 5.11 Å². The van der Waals surface area contributed by atoms with Crippen LogP contribution in [0.4, 0.5) is 0 Å². The van der Waals surface area contributed by atoms with Gasteiger partial charge in [0.2, 0.25) is 5.91 Å². The molecule has 1 aliphatic heterocycles. The zero-order valence-corrected chi connectivity index (χ0v) is 13.9. The molecule has 0 spiro atoms. The number of carboxylic acid groups (broad SMARTS) is 1. The topological polar surface area (TPSA) is 108 Å². The standard InChI is InChI=1S/C8H15N3OS.C5H11NO2/c1-11(2)5-3-4-6-7(12)10-8(13)9-6;1-3(2)4(6)5(7)8/h6H,3-5H2,1-2H3,(H2,9,10,12,13);3-4H,6H2,1-2H3,(H,7,8)/t;4-/m.0/s1. The minimum Gasteiger partial charge on any atom is -0.480 e. The first kappa shape index (κ1) is 19.8. The number of nitrogens with two attached hydrogens (primary N) is 1. The lowest BCUT2D eigenvalue weighted by Crippen LogP contribution is -2.34. The van der Waals surface area contributed by atoms with Crippen molar-refractivity contribution in [3.8, 4) is 0 Å². The van der Waals surface area contributed by atoms with E-state index in [0.717, 1.165) is 19.4 Å². The summed E-state index contributed by atoms with van der Waals surface area (Å²) in [7, 11) is 4.04. The first-order valence-corrected chi connectivity index (χ1v) is 7.30. The first-order chi connectivity index (χ1) is 9.65. The normalized spacial score (nSPS) is 18.9. The second-order valence-corrected chi connectivity index (χ2v) is 5.98. The predicted octanol–water partition coefficient (Wildman–Crippen LogP) is -0.245. The molecule has 5 N–H and O–H groups in total. The Morgan fingerprint density at radius 1 is 1.48 bits per heavy atom. The van der Waals surface area contributed by atoms with Gasteiger partial charge in [0.1, 0.15) is 12.1 Å².